The monoisotopic (exact) mass is 488 g/mol. The molecule has 8 nitrogen and oxygen atoms in total. The first-order chi connectivity index (χ1) is 16.6. The topological polar surface area (TPSA) is 92.3 Å². The smallest absolute Gasteiger partial charge is 0.409 e. The highest BCUT2D eigenvalue weighted by atomic mass is 19.4. The average Bonchev–Trinajstić information content (AvgIpc) is 3.30. The van der Waals surface area contributed by atoms with E-state index in [-0.39, 0.29) is 23.9 Å². The first-order valence-electron chi connectivity index (χ1n) is 10.5. The number of ether oxygens (including phenoxy) is 1. The quantitative estimate of drug-likeness (QED) is 0.382. The fourth-order valence-corrected chi connectivity index (χ4v) is 3.39. The van der Waals surface area contributed by atoms with Gasteiger partial charge in [-0.15, -0.1) is 0 Å². The molecule has 0 spiro atoms. The van der Waals surface area contributed by atoms with Gasteiger partial charge >= 0.3 is 12.1 Å². The molecule has 2 aromatic heterocycles. The first-order valence-corrected chi connectivity index (χ1v) is 10.5. The SMILES string of the molecule is CCOC(=O)c1cncc(-c2cnc(Nc3cc(C)cc(F)c3)nc2N2C=CC(C(F)(F)F)N2)c1. The van der Waals surface area contributed by atoms with Gasteiger partial charge in [-0.05, 0) is 49.8 Å². The predicted octanol–water partition coefficient (Wildman–Crippen LogP) is 4.68. The van der Waals surface area contributed by atoms with E-state index in [1.54, 1.807) is 19.9 Å². The highest BCUT2D eigenvalue weighted by molar-refractivity contribution is 5.91. The van der Waals surface area contributed by atoms with Crippen molar-refractivity contribution >= 4 is 23.4 Å². The third kappa shape index (κ3) is 5.54. The van der Waals surface area contributed by atoms with Crippen LogP contribution in [0.2, 0.25) is 0 Å². The van der Waals surface area contributed by atoms with Crippen LogP contribution in [0, 0.1) is 12.7 Å². The fraction of sp³-hybridized carbons (Fsp3) is 0.217. The lowest BCUT2D eigenvalue weighted by atomic mass is 10.1. The summed E-state index contributed by atoms with van der Waals surface area (Å²) in [6.07, 6.45) is 1.74. The van der Waals surface area contributed by atoms with Crippen LogP contribution in [0.4, 0.5) is 35.0 Å². The third-order valence-electron chi connectivity index (χ3n) is 4.91. The van der Waals surface area contributed by atoms with Crippen LogP contribution >= 0.6 is 0 Å². The van der Waals surface area contributed by atoms with Gasteiger partial charge in [-0.3, -0.25) is 9.99 Å². The van der Waals surface area contributed by atoms with Crippen LogP contribution in [0.25, 0.3) is 11.1 Å². The Morgan fingerprint density at radius 1 is 1.20 bits per heavy atom. The summed E-state index contributed by atoms with van der Waals surface area (Å²) in [4.78, 5) is 24.8. The predicted molar refractivity (Wildman–Crippen MR) is 120 cm³/mol. The number of hydrogen-bond donors (Lipinski definition) is 2. The molecule has 0 aliphatic carbocycles. The normalized spacial score (nSPS) is 15.4. The van der Waals surface area contributed by atoms with E-state index in [1.807, 2.05) is 0 Å². The third-order valence-corrected chi connectivity index (χ3v) is 4.91. The lowest BCUT2D eigenvalue weighted by molar-refractivity contribution is -0.142. The Bertz CT molecular complexity index is 1260. The number of halogens is 4. The molecule has 0 saturated carbocycles. The van der Waals surface area contributed by atoms with Crippen LogP contribution in [0.3, 0.4) is 0 Å². The molecule has 3 aromatic rings. The minimum absolute atomic E-state index is 0.0221. The average molecular weight is 488 g/mol. The zero-order valence-electron chi connectivity index (χ0n) is 18.6. The van der Waals surface area contributed by atoms with Crippen molar-refractivity contribution in [1.82, 2.24) is 20.4 Å². The van der Waals surface area contributed by atoms with Crippen molar-refractivity contribution in [3.63, 3.8) is 0 Å². The van der Waals surface area contributed by atoms with E-state index in [9.17, 15) is 22.4 Å². The summed E-state index contributed by atoms with van der Waals surface area (Å²) in [6, 6.07) is 3.82. The largest absolute Gasteiger partial charge is 0.462 e. The van der Waals surface area contributed by atoms with Crippen LogP contribution in [0.15, 0.2) is 55.1 Å². The number of rotatable bonds is 6. The van der Waals surface area contributed by atoms with E-state index < -0.39 is 24.0 Å². The maximum atomic E-state index is 13.8. The highest BCUT2D eigenvalue weighted by Crippen LogP contribution is 2.33. The molecule has 1 aromatic carbocycles. The van der Waals surface area contributed by atoms with Crippen molar-refractivity contribution in [2.45, 2.75) is 26.1 Å². The highest BCUT2D eigenvalue weighted by Gasteiger charge is 2.41. The maximum absolute atomic E-state index is 13.8. The van der Waals surface area contributed by atoms with Crippen molar-refractivity contribution in [2.75, 3.05) is 16.9 Å². The Morgan fingerprint density at radius 3 is 2.69 bits per heavy atom. The van der Waals surface area contributed by atoms with Gasteiger partial charge in [0.1, 0.15) is 11.9 Å². The second kappa shape index (κ2) is 9.66. The molecule has 182 valence electrons. The van der Waals surface area contributed by atoms with Gasteiger partial charge in [-0.25, -0.2) is 19.6 Å². The van der Waals surface area contributed by atoms with Crippen molar-refractivity contribution in [1.29, 1.82) is 0 Å². The molecule has 3 heterocycles. The first kappa shape index (κ1) is 24.1. The molecule has 2 N–H and O–H groups in total. The van der Waals surface area contributed by atoms with Gasteiger partial charge < -0.3 is 10.1 Å². The summed E-state index contributed by atoms with van der Waals surface area (Å²) in [7, 11) is 0. The maximum Gasteiger partial charge on any atom is 0.409 e. The molecule has 12 heteroatoms. The minimum atomic E-state index is -4.52. The molecule has 4 rings (SSSR count). The summed E-state index contributed by atoms with van der Waals surface area (Å²) in [5, 5.41) is 3.97. The number of aromatic nitrogens is 3. The van der Waals surface area contributed by atoms with Crippen LogP contribution in [-0.4, -0.2) is 39.7 Å². The molecule has 35 heavy (non-hydrogen) atoms. The van der Waals surface area contributed by atoms with Crippen LogP contribution < -0.4 is 15.8 Å². The van der Waals surface area contributed by atoms with E-state index in [0.717, 1.165) is 11.1 Å². The number of benzene rings is 1. The van der Waals surface area contributed by atoms with E-state index in [1.165, 1.54) is 43.0 Å². The Morgan fingerprint density at radius 2 is 2.00 bits per heavy atom. The zero-order chi connectivity index (χ0) is 25.2. The van der Waals surface area contributed by atoms with Crippen molar-refractivity contribution in [2.24, 2.45) is 0 Å². The number of hydrogen-bond acceptors (Lipinski definition) is 8. The van der Waals surface area contributed by atoms with E-state index in [4.69, 9.17) is 4.74 Å². The number of hydrazine groups is 1. The minimum Gasteiger partial charge on any atom is -0.462 e. The van der Waals surface area contributed by atoms with Crippen molar-refractivity contribution in [3.05, 3.63) is 72.1 Å². The van der Waals surface area contributed by atoms with E-state index in [2.05, 4.69) is 25.7 Å². The molecule has 0 amide bonds. The number of pyridine rings is 1. The number of aryl methyl sites for hydroxylation is 1. The number of carbonyl (C=O) groups excluding carboxylic acids is 1. The molecule has 0 radical (unpaired) electrons. The van der Waals surface area contributed by atoms with Gasteiger partial charge in [0.2, 0.25) is 5.95 Å². The molecule has 1 aliphatic rings. The lowest BCUT2D eigenvalue weighted by Gasteiger charge is -2.23. The lowest BCUT2D eigenvalue weighted by Crippen LogP contribution is -2.44. The number of carbonyl (C=O) groups is 1. The van der Waals surface area contributed by atoms with Gasteiger partial charge in [-0.2, -0.15) is 18.2 Å². The Labute approximate surface area is 197 Å². The molecular weight excluding hydrogens is 468 g/mol. The van der Waals surface area contributed by atoms with E-state index >= 15 is 0 Å². The standard InChI is InChI=1S/C23H20F4N6O2/c1-3-35-21(34)15-8-14(10-28-11-15)18-12-29-22(30-17-7-13(2)6-16(24)9-17)31-20(18)33-5-4-19(32-33)23(25,26)27/h4-12,19,32H,3H2,1-2H3,(H,29,30,31). The van der Waals surface area contributed by atoms with Crippen molar-refractivity contribution in [3.8, 4) is 11.1 Å². The van der Waals surface area contributed by atoms with Gasteiger partial charge in [0, 0.05) is 41.6 Å². The van der Waals surface area contributed by atoms with Gasteiger partial charge in [-0.1, -0.05) is 0 Å². The zero-order valence-corrected chi connectivity index (χ0v) is 18.6. The van der Waals surface area contributed by atoms with Crippen molar-refractivity contribution < 1.29 is 27.1 Å². The second-order valence-electron chi connectivity index (χ2n) is 7.62. The summed E-state index contributed by atoms with van der Waals surface area (Å²) in [6.45, 7) is 3.54. The second-order valence-corrected chi connectivity index (χ2v) is 7.62. The Kier molecular flexibility index (Phi) is 6.65. The number of anilines is 3. The van der Waals surface area contributed by atoms with Gasteiger partial charge in [0.05, 0.1) is 12.2 Å². The number of nitrogens with one attached hydrogen (secondary N) is 2. The molecule has 0 fully saturated rings. The summed E-state index contributed by atoms with van der Waals surface area (Å²) >= 11 is 0. The molecule has 1 unspecified atom stereocenters. The van der Waals surface area contributed by atoms with E-state index in [0.29, 0.717) is 22.4 Å². The molecule has 1 atom stereocenters. The number of esters is 1. The fourth-order valence-electron chi connectivity index (χ4n) is 3.39. The van der Waals surface area contributed by atoms with Crippen LogP contribution in [-0.2, 0) is 4.74 Å². The molecular formula is C23H20F4N6O2. The number of alkyl halides is 3. The number of nitrogens with zero attached hydrogens (tertiary/aromatic N) is 4. The molecule has 0 saturated heterocycles. The van der Waals surface area contributed by atoms with Gasteiger partial charge in [0.15, 0.2) is 5.82 Å². The summed E-state index contributed by atoms with van der Waals surface area (Å²) in [5.41, 5.74) is 4.19. The summed E-state index contributed by atoms with van der Waals surface area (Å²) in [5.74, 6) is -0.987. The van der Waals surface area contributed by atoms with Gasteiger partial charge in [0.25, 0.3) is 0 Å². The Hall–Kier alpha value is -4.06. The summed E-state index contributed by atoms with van der Waals surface area (Å²) < 4.78 is 58.5. The molecule has 0 bridgehead atoms. The Balaban J connectivity index is 1.74. The molecule has 1 aliphatic heterocycles. The van der Waals surface area contributed by atoms with Crippen LogP contribution in [0.1, 0.15) is 22.8 Å². The van der Waals surface area contributed by atoms with Crippen LogP contribution in [0.5, 0.6) is 0 Å².